The van der Waals surface area contributed by atoms with Crippen molar-refractivity contribution < 1.29 is 13.2 Å². The lowest BCUT2D eigenvalue weighted by Crippen LogP contribution is -2.43. The zero-order valence-corrected chi connectivity index (χ0v) is 19.1. The van der Waals surface area contributed by atoms with Crippen LogP contribution in [0.1, 0.15) is 33.1 Å². The molecule has 0 radical (unpaired) electrons. The van der Waals surface area contributed by atoms with Gasteiger partial charge in [-0.25, -0.2) is 8.42 Å². The van der Waals surface area contributed by atoms with E-state index in [4.69, 9.17) is 4.74 Å². The van der Waals surface area contributed by atoms with Crippen LogP contribution in [0.25, 0.3) is 0 Å². The van der Waals surface area contributed by atoms with Gasteiger partial charge in [-0.15, -0.1) is 24.0 Å². The summed E-state index contributed by atoms with van der Waals surface area (Å²) in [5, 5.41) is 6.50. The Morgan fingerprint density at radius 2 is 2.04 bits per heavy atom. The molecule has 1 aliphatic carbocycles. The molecule has 1 unspecified atom stereocenters. The van der Waals surface area contributed by atoms with Crippen molar-refractivity contribution in [1.82, 2.24) is 15.5 Å². The Kier molecular flexibility index (Phi) is 13.0. The maximum atomic E-state index is 11.3. The van der Waals surface area contributed by atoms with Crippen LogP contribution in [-0.2, 0) is 14.6 Å². The topological polar surface area (TPSA) is 83.0 Å². The average molecular weight is 490 g/mol. The first-order valence-electron chi connectivity index (χ1n) is 8.81. The van der Waals surface area contributed by atoms with Crippen LogP contribution in [-0.4, -0.2) is 83.3 Å². The largest absolute Gasteiger partial charge is 0.383 e. The molecule has 2 N–H and O–H groups in total. The fraction of sp³-hybridized carbons (Fsp3) is 0.938. The van der Waals surface area contributed by atoms with Crippen molar-refractivity contribution in [3.8, 4) is 0 Å². The molecule has 25 heavy (non-hydrogen) atoms. The second-order valence-corrected chi connectivity index (χ2v) is 8.74. The molecule has 0 aliphatic heterocycles. The number of ether oxygens (including phenoxy) is 1. The molecule has 7 nitrogen and oxygen atoms in total. The molecule has 1 aliphatic rings. The van der Waals surface area contributed by atoms with Gasteiger partial charge in [0.15, 0.2) is 5.96 Å². The molecule has 0 aromatic rings. The normalized spacial score (nSPS) is 16.4. The van der Waals surface area contributed by atoms with Crippen molar-refractivity contribution >= 4 is 39.8 Å². The van der Waals surface area contributed by atoms with Crippen molar-refractivity contribution in [3.05, 3.63) is 0 Å². The van der Waals surface area contributed by atoms with Gasteiger partial charge in [0.2, 0.25) is 0 Å². The quantitative estimate of drug-likeness (QED) is 0.242. The van der Waals surface area contributed by atoms with Gasteiger partial charge in [0, 0.05) is 45.1 Å². The summed E-state index contributed by atoms with van der Waals surface area (Å²) in [4.78, 5) is 7.05. The number of hydrogen-bond acceptors (Lipinski definition) is 5. The highest BCUT2D eigenvalue weighted by Crippen LogP contribution is 2.26. The fourth-order valence-corrected chi connectivity index (χ4v) is 3.21. The van der Waals surface area contributed by atoms with Gasteiger partial charge in [0.1, 0.15) is 9.84 Å². The van der Waals surface area contributed by atoms with Crippen LogP contribution in [0.2, 0.25) is 0 Å². The van der Waals surface area contributed by atoms with E-state index in [1.54, 1.807) is 7.11 Å². The van der Waals surface area contributed by atoms with Gasteiger partial charge in [-0.3, -0.25) is 9.89 Å². The maximum Gasteiger partial charge on any atom is 0.191 e. The van der Waals surface area contributed by atoms with Gasteiger partial charge in [0.05, 0.1) is 18.9 Å². The van der Waals surface area contributed by atoms with Crippen LogP contribution in [0.3, 0.4) is 0 Å². The van der Waals surface area contributed by atoms with Crippen LogP contribution in [0.5, 0.6) is 0 Å². The van der Waals surface area contributed by atoms with E-state index in [1.165, 1.54) is 19.1 Å². The summed E-state index contributed by atoms with van der Waals surface area (Å²) < 4.78 is 27.7. The molecule has 1 saturated carbocycles. The molecule has 0 amide bonds. The molecule has 1 rings (SSSR count). The summed E-state index contributed by atoms with van der Waals surface area (Å²) in [5.74, 6) is 0.938. The van der Waals surface area contributed by atoms with E-state index < -0.39 is 9.84 Å². The number of rotatable bonds is 12. The number of aliphatic imine (C=N–C) groups is 1. The molecular formula is C16H35IN4O3S. The first-order chi connectivity index (χ1) is 11.4. The molecule has 0 bridgehead atoms. The fourth-order valence-electron chi connectivity index (χ4n) is 2.43. The summed E-state index contributed by atoms with van der Waals surface area (Å²) in [6, 6.07) is 0.755. The van der Waals surface area contributed by atoms with Crippen molar-refractivity contribution in [2.24, 2.45) is 4.99 Å². The zero-order chi connectivity index (χ0) is 18.0. The van der Waals surface area contributed by atoms with E-state index in [0.29, 0.717) is 19.0 Å². The van der Waals surface area contributed by atoms with Crippen LogP contribution in [0.15, 0.2) is 4.99 Å². The molecule has 1 fully saturated rings. The van der Waals surface area contributed by atoms with Gasteiger partial charge < -0.3 is 15.4 Å². The molecule has 0 heterocycles. The van der Waals surface area contributed by atoms with Crippen molar-refractivity contribution in [1.29, 1.82) is 0 Å². The van der Waals surface area contributed by atoms with Crippen LogP contribution < -0.4 is 10.6 Å². The van der Waals surface area contributed by atoms with E-state index in [0.717, 1.165) is 32.2 Å². The highest BCUT2D eigenvalue weighted by Gasteiger charge is 2.28. The second kappa shape index (κ2) is 13.1. The minimum absolute atomic E-state index is 0. The predicted molar refractivity (Wildman–Crippen MR) is 115 cm³/mol. The summed E-state index contributed by atoms with van der Waals surface area (Å²) in [7, 11) is -1.20. The minimum atomic E-state index is -2.93. The van der Waals surface area contributed by atoms with Gasteiger partial charge in [-0.1, -0.05) is 0 Å². The third-order valence-electron chi connectivity index (χ3n) is 3.95. The molecular weight excluding hydrogens is 455 g/mol. The van der Waals surface area contributed by atoms with Gasteiger partial charge in [-0.2, -0.15) is 0 Å². The standard InChI is InChI=1S/C16H34N4O3S.HI/c1-5-17-16(19-14(2)8-13-24(4,21)22)18-9-10-20(11-12-23-3)15-6-7-15;/h14-15H,5-13H2,1-4H3,(H2,17,18,19);1H. The van der Waals surface area contributed by atoms with Gasteiger partial charge in [-0.05, 0) is 33.1 Å². The average Bonchev–Trinajstić information content (AvgIpc) is 3.33. The third kappa shape index (κ3) is 12.8. The summed E-state index contributed by atoms with van der Waals surface area (Å²) in [5.41, 5.74) is 0. The Hall–Kier alpha value is -0.130. The number of nitrogens with zero attached hydrogens (tertiary/aromatic N) is 2. The summed E-state index contributed by atoms with van der Waals surface area (Å²) in [6.45, 7) is 8.12. The second-order valence-electron chi connectivity index (χ2n) is 6.48. The molecule has 0 aromatic carbocycles. The Morgan fingerprint density at radius 3 is 2.56 bits per heavy atom. The van der Waals surface area contributed by atoms with Crippen LogP contribution in [0, 0.1) is 0 Å². The van der Waals surface area contributed by atoms with E-state index in [2.05, 4.69) is 20.5 Å². The predicted octanol–water partition coefficient (Wildman–Crippen LogP) is 1.09. The van der Waals surface area contributed by atoms with E-state index >= 15 is 0 Å². The van der Waals surface area contributed by atoms with E-state index in [9.17, 15) is 8.42 Å². The number of hydrogen-bond donors (Lipinski definition) is 2. The number of nitrogens with one attached hydrogen (secondary N) is 2. The van der Waals surface area contributed by atoms with Gasteiger partial charge in [0.25, 0.3) is 0 Å². The van der Waals surface area contributed by atoms with Crippen LogP contribution in [0.4, 0.5) is 0 Å². The Balaban J connectivity index is 0.00000576. The third-order valence-corrected chi connectivity index (χ3v) is 4.93. The molecule has 0 spiro atoms. The Labute approximate surface area is 170 Å². The minimum Gasteiger partial charge on any atom is -0.383 e. The molecule has 9 heteroatoms. The summed E-state index contributed by atoms with van der Waals surface area (Å²) >= 11 is 0. The van der Waals surface area contributed by atoms with E-state index in [1.807, 2.05) is 13.8 Å². The lowest BCUT2D eigenvalue weighted by atomic mass is 10.3. The van der Waals surface area contributed by atoms with Crippen molar-refractivity contribution in [2.45, 2.75) is 45.2 Å². The highest BCUT2D eigenvalue weighted by atomic mass is 127. The molecule has 0 aromatic heterocycles. The molecule has 1 atom stereocenters. The van der Waals surface area contributed by atoms with Crippen molar-refractivity contribution in [3.63, 3.8) is 0 Å². The SMILES string of the molecule is CCNC(=NCCN(CCOC)C1CC1)NC(C)CCS(C)(=O)=O.I. The first kappa shape index (κ1) is 24.9. The zero-order valence-electron chi connectivity index (χ0n) is 16.0. The smallest absolute Gasteiger partial charge is 0.191 e. The van der Waals surface area contributed by atoms with Crippen LogP contribution >= 0.6 is 24.0 Å². The monoisotopic (exact) mass is 490 g/mol. The van der Waals surface area contributed by atoms with Crippen molar-refractivity contribution in [2.75, 3.05) is 51.9 Å². The summed E-state index contributed by atoms with van der Waals surface area (Å²) in [6.07, 6.45) is 4.39. The Morgan fingerprint density at radius 1 is 1.36 bits per heavy atom. The number of guanidine groups is 1. The molecule has 150 valence electrons. The maximum absolute atomic E-state index is 11.3. The highest BCUT2D eigenvalue weighted by molar-refractivity contribution is 14.0. The number of methoxy groups -OCH3 is 1. The Bertz CT molecular complexity index is 484. The first-order valence-corrected chi connectivity index (χ1v) is 10.9. The number of halogens is 1. The number of sulfone groups is 1. The lowest BCUT2D eigenvalue weighted by molar-refractivity contribution is 0.145. The van der Waals surface area contributed by atoms with E-state index in [-0.39, 0.29) is 35.8 Å². The molecule has 0 saturated heterocycles. The van der Waals surface area contributed by atoms with Gasteiger partial charge >= 0.3 is 0 Å². The lowest BCUT2D eigenvalue weighted by Gasteiger charge is -2.21.